The molecule has 1 aromatic carbocycles. The Morgan fingerprint density at radius 2 is 2.24 bits per heavy atom. The van der Waals surface area contributed by atoms with E-state index < -0.39 is 23.7 Å². The average Bonchev–Trinajstić information content (AvgIpc) is 2.74. The standard InChI is InChI=1S/C16H15FN4O4/c17-11-1-3-13-10(7-11)8-21(15(23)9-25-13)6-5-18-16(24)12-2-4-14(22)20-19-12/h1-4,7,12H,5-6,8-9H2,(H,18,24). The Morgan fingerprint density at radius 1 is 1.40 bits per heavy atom. The highest BCUT2D eigenvalue weighted by molar-refractivity contribution is 5.92. The highest BCUT2D eigenvalue weighted by Gasteiger charge is 2.23. The fourth-order valence-corrected chi connectivity index (χ4v) is 2.46. The van der Waals surface area contributed by atoms with Gasteiger partial charge in [0.1, 0.15) is 11.6 Å². The van der Waals surface area contributed by atoms with Crippen LogP contribution in [0.5, 0.6) is 5.75 Å². The number of rotatable bonds is 4. The molecule has 2 aliphatic heterocycles. The third-order valence-corrected chi connectivity index (χ3v) is 3.74. The second-order valence-electron chi connectivity index (χ2n) is 5.50. The first-order valence-electron chi connectivity index (χ1n) is 7.62. The lowest BCUT2D eigenvalue weighted by molar-refractivity contribution is -0.133. The Labute approximate surface area is 142 Å². The van der Waals surface area contributed by atoms with Crippen LogP contribution in [-0.2, 0) is 20.9 Å². The number of azo groups is 1. The normalized spacial score (nSPS) is 19.2. The second kappa shape index (κ2) is 7.20. The van der Waals surface area contributed by atoms with Gasteiger partial charge in [0, 0.05) is 31.3 Å². The number of amides is 3. The summed E-state index contributed by atoms with van der Waals surface area (Å²) in [6, 6.07) is 3.24. The van der Waals surface area contributed by atoms with E-state index in [1.165, 1.54) is 35.3 Å². The van der Waals surface area contributed by atoms with E-state index in [2.05, 4.69) is 15.5 Å². The van der Waals surface area contributed by atoms with Crippen molar-refractivity contribution in [3.05, 3.63) is 41.7 Å². The fourth-order valence-electron chi connectivity index (χ4n) is 2.46. The van der Waals surface area contributed by atoms with Gasteiger partial charge in [-0.3, -0.25) is 14.4 Å². The first-order chi connectivity index (χ1) is 12.0. The van der Waals surface area contributed by atoms with Crippen LogP contribution in [0.4, 0.5) is 4.39 Å². The molecular formula is C16H15FN4O4. The van der Waals surface area contributed by atoms with Crippen LogP contribution in [0.3, 0.4) is 0 Å². The quantitative estimate of drug-likeness (QED) is 0.862. The molecule has 0 saturated heterocycles. The number of ether oxygens (including phenoxy) is 1. The monoisotopic (exact) mass is 346 g/mol. The van der Waals surface area contributed by atoms with Crippen molar-refractivity contribution in [1.29, 1.82) is 0 Å². The molecule has 3 rings (SSSR count). The van der Waals surface area contributed by atoms with E-state index in [0.29, 0.717) is 11.3 Å². The van der Waals surface area contributed by atoms with Crippen molar-refractivity contribution >= 4 is 17.7 Å². The number of benzene rings is 1. The number of hydrogen-bond acceptors (Lipinski definition) is 5. The minimum Gasteiger partial charge on any atom is -0.483 e. The molecule has 25 heavy (non-hydrogen) atoms. The van der Waals surface area contributed by atoms with E-state index in [9.17, 15) is 18.8 Å². The number of carbonyl (C=O) groups is 3. The SMILES string of the molecule is O=C1C=CC(C(=O)NCCN2Cc3cc(F)ccc3OCC2=O)N=N1. The predicted molar refractivity (Wildman–Crippen MR) is 83.1 cm³/mol. The topological polar surface area (TPSA) is 100 Å². The molecule has 0 aromatic heterocycles. The van der Waals surface area contributed by atoms with Crippen molar-refractivity contribution in [1.82, 2.24) is 10.2 Å². The predicted octanol–water partition coefficient (Wildman–Crippen LogP) is 0.580. The van der Waals surface area contributed by atoms with Gasteiger partial charge in [-0.25, -0.2) is 4.39 Å². The van der Waals surface area contributed by atoms with E-state index in [1.807, 2.05) is 0 Å². The Bertz CT molecular complexity index is 761. The molecule has 2 heterocycles. The van der Waals surface area contributed by atoms with Crippen LogP contribution in [-0.4, -0.2) is 48.4 Å². The van der Waals surface area contributed by atoms with E-state index in [-0.39, 0.29) is 32.1 Å². The zero-order chi connectivity index (χ0) is 17.8. The maximum Gasteiger partial charge on any atom is 0.287 e. The number of halogens is 1. The Morgan fingerprint density at radius 3 is 3.00 bits per heavy atom. The number of hydrogen-bond donors (Lipinski definition) is 1. The van der Waals surface area contributed by atoms with Crippen LogP contribution >= 0.6 is 0 Å². The van der Waals surface area contributed by atoms with Crippen LogP contribution in [0.2, 0.25) is 0 Å². The van der Waals surface area contributed by atoms with Gasteiger partial charge in [0.25, 0.3) is 17.7 Å². The van der Waals surface area contributed by atoms with Gasteiger partial charge in [0.05, 0.1) is 0 Å². The summed E-state index contributed by atoms with van der Waals surface area (Å²) in [4.78, 5) is 36.4. The number of carbonyl (C=O) groups excluding carboxylic acids is 3. The largest absolute Gasteiger partial charge is 0.483 e. The van der Waals surface area contributed by atoms with Crippen molar-refractivity contribution < 1.29 is 23.5 Å². The van der Waals surface area contributed by atoms with Gasteiger partial charge in [0.15, 0.2) is 12.6 Å². The molecular weight excluding hydrogens is 331 g/mol. The molecule has 2 aliphatic rings. The highest BCUT2D eigenvalue weighted by atomic mass is 19.1. The summed E-state index contributed by atoms with van der Waals surface area (Å²) in [7, 11) is 0. The summed E-state index contributed by atoms with van der Waals surface area (Å²) in [6.45, 7) is 0.465. The lowest BCUT2D eigenvalue weighted by atomic mass is 10.2. The summed E-state index contributed by atoms with van der Waals surface area (Å²) in [5.74, 6) is -1.12. The minimum absolute atomic E-state index is 0.145. The minimum atomic E-state index is -0.851. The smallest absolute Gasteiger partial charge is 0.287 e. The molecule has 1 N–H and O–H groups in total. The van der Waals surface area contributed by atoms with Crippen LogP contribution in [0, 0.1) is 5.82 Å². The number of nitrogens with zero attached hydrogens (tertiary/aromatic N) is 3. The van der Waals surface area contributed by atoms with Crippen molar-refractivity contribution in [3.8, 4) is 5.75 Å². The number of nitrogens with one attached hydrogen (secondary N) is 1. The van der Waals surface area contributed by atoms with Gasteiger partial charge < -0.3 is 15.0 Å². The third kappa shape index (κ3) is 4.06. The summed E-state index contributed by atoms with van der Waals surface area (Å²) >= 11 is 0. The van der Waals surface area contributed by atoms with Crippen molar-refractivity contribution in [3.63, 3.8) is 0 Å². The molecule has 8 nitrogen and oxygen atoms in total. The second-order valence-corrected chi connectivity index (χ2v) is 5.50. The van der Waals surface area contributed by atoms with E-state index in [1.54, 1.807) is 0 Å². The molecule has 0 saturated carbocycles. The van der Waals surface area contributed by atoms with Crippen LogP contribution in [0.25, 0.3) is 0 Å². The Hall–Kier alpha value is -3.10. The van der Waals surface area contributed by atoms with Crippen LogP contribution < -0.4 is 10.1 Å². The van der Waals surface area contributed by atoms with Gasteiger partial charge in [0.2, 0.25) is 0 Å². The summed E-state index contributed by atoms with van der Waals surface area (Å²) in [5, 5.41) is 9.52. The average molecular weight is 346 g/mol. The van der Waals surface area contributed by atoms with Crippen molar-refractivity contribution in [2.75, 3.05) is 19.7 Å². The summed E-state index contributed by atoms with van der Waals surface area (Å²) in [5.41, 5.74) is 0.569. The molecule has 1 unspecified atom stereocenters. The molecule has 9 heteroatoms. The summed E-state index contributed by atoms with van der Waals surface area (Å²) in [6.07, 6.45) is 2.53. The zero-order valence-electron chi connectivity index (χ0n) is 13.1. The molecule has 1 atom stereocenters. The molecule has 0 radical (unpaired) electrons. The molecule has 0 aliphatic carbocycles. The van der Waals surface area contributed by atoms with E-state index in [4.69, 9.17) is 4.74 Å². The fraction of sp³-hybridized carbons (Fsp3) is 0.312. The van der Waals surface area contributed by atoms with Gasteiger partial charge in [-0.05, 0) is 24.3 Å². The highest BCUT2D eigenvalue weighted by Crippen LogP contribution is 2.24. The van der Waals surface area contributed by atoms with Gasteiger partial charge >= 0.3 is 0 Å². The van der Waals surface area contributed by atoms with Crippen molar-refractivity contribution in [2.24, 2.45) is 10.2 Å². The maximum atomic E-state index is 13.4. The van der Waals surface area contributed by atoms with Crippen LogP contribution in [0.15, 0.2) is 40.6 Å². The molecule has 3 amide bonds. The van der Waals surface area contributed by atoms with E-state index in [0.717, 1.165) is 0 Å². The van der Waals surface area contributed by atoms with Gasteiger partial charge in [-0.1, -0.05) is 0 Å². The van der Waals surface area contributed by atoms with Crippen molar-refractivity contribution in [2.45, 2.75) is 12.6 Å². The summed E-state index contributed by atoms with van der Waals surface area (Å²) < 4.78 is 18.7. The first-order valence-corrected chi connectivity index (χ1v) is 7.62. The third-order valence-electron chi connectivity index (χ3n) is 3.74. The van der Waals surface area contributed by atoms with Crippen LogP contribution in [0.1, 0.15) is 5.56 Å². The Balaban J connectivity index is 1.56. The van der Waals surface area contributed by atoms with Gasteiger partial charge in [-0.15, -0.1) is 5.11 Å². The molecule has 0 fully saturated rings. The molecule has 1 aromatic rings. The van der Waals surface area contributed by atoms with Gasteiger partial charge in [-0.2, -0.15) is 5.11 Å². The van der Waals surface area contributed by atoms with E-state index >= 15 is 0 Å². The lowest BCUT2D eigenvalue weighted by Crippen LogP contribution is -2.41. The first kappa shape index (κ1) is 16.7. The Kier molecular flexibility index (Phi) is 4.82. The number of fused-ring (bicyclic) bond motifs is 1. The molecule has 0 spiro atoms. The lowest BCUT2D eigenvalue weighted by Gasteiger charge is -2.20. The maximum absolute atomic E-state index is 13.4. The zero-order valence-corrected chi connectivity index (χ0v) is 13.1. The molecule has 0 bridgehead atoms. The molecule has 130 valence electrons.